The number of methoxy groups -OCH3 is 1. The SMILES string of the molecule is C.C.C.C.CC(=O)Nc1ccc(-c2nccc(C(=O)Nc3cnccc3N3CCNCC3)n2)cn1.CC(C)NC(=O)c1ccc(-c2nccc(C(=O)Nc3cnccc3N3CCNCC3)n2)cn1.CC(C)Oc1ccc(-c2nccc(C(=O)Nc3cnccc3N3CCNCC3)n2)cn1.COC(=O)c1ccc(-c2nccc(C(=O)Nc3cnccc3N3CCNCC3)n2)cn1. The highest BCUT2D eigenvalue weighted by molar-refractivity contribution is 6.07. The first-order valence-electron chi connectivity index (χ1n) is 40.7. The van der Waals surface area contributed by atoms with Crippen LogP contribution in [0.2, 0.25) is 0 Å². The van der Waals surface area contributed by atoms with E-state index in [1.165, 1.54) is 57.2 Å². The number of anilines is 9. The average molecular weight is 1770 g/mol. The molecule has 4 fully saturated rings. The topological polar surface area (TPSA) is 477 Å². The highest BCUT2D eigenvalue weighted by Gasteiger charge is 2.25. The zero-order valence-electron chi connectivity index (χ0n) is 70.1. The van der Waals surface area contributed by atoms with Crippen molar-refractivity contribution < 1.29 is 43.0 Å². The van der Waals surface area contributed by atoms with Crippen LogP contribution >= 0.6 is 0 Å². The Balaban J connectivity index is 0.000000193. The van der Waals surface area contributed by atoms with Gasteiger partial charge in [0.15, 0.2) is 23.3 Å². The van der Waals surface area contributed by atoms with E-state index in [9.17, 15) is 33.6 Å². The number of piperazine rings is 4. The van der Waals surface area contributed by atoms with Gasteiger partial charge >= 0.3 is 5.97 Å². The van der Waals surface area contributed by atoms with E-state index in [1.54, 1.807) is 123 Å². The Bertz CT molecular complexity index is 5720. The number of carbonyl (C=O) groups excluding carboxylic acids is 7. The molecular formula is C91H110N30O9. The molecule has 0 aromatic carbocycles. The Hall–Kier alpha value is -15.4. The van der Waals surface area contributed by atoms with Gasteiger partial charge in [0.1, 0.15) is 40.0 Å². The van der Waals surface area contributed by atoms with Crippen molar-refractivity contribution in [1.29, 1.82) is 0 Å². The highest BCUT2D eigenvalue weighted by atomic mass is 16.5. The molecule has 0 bridgehead atoms. The van der Waals surface area contributed by atoms with Crippen LogP contribution in [0, 0.1) is 0 Å². The zero-order chi connectivity index (χ0) is 88.1. The van der Waals surface area contributed by atoms with E-state index in [2.05, 4.69) is 157 Å². The minimum Gasteiger partial charge on any atom is -0.475 e. The molecule has 12 aromatic rings. The highest BCUT2D eigenvalue weighted by Crippen LogP contribution is 2.31. The summed E-state index contributed by atoms with van der Waals surface area (Å²) in [4.78, 5) is 163. The average Bonchev–Trinajstić information content (AvgIpc) is 0.826. The molecule has 10 N–H and O–H groups in total. The Kier molecular flexibility index (Phi) is 37.1. The molecule has 0 atom stereocenters. The van der Waals surface area contributed by atoms with Gasteiger partial charge in [0.2, 0.25) is 11.8 Å². The van der Waals surface area contributed by atoms with Crippen LogP contribution in [0.3, 0.4) is 0 Å². The maximum absolute atomic E-state index is 13.0. The molecule has 0 unspecified atom stereocenters. The number of nitrogens with one attached hydrogen (secondary N) is 10. The number of esters is 1. The fourth-order valence-electron chi connectivity index (χ4n) is 13.3. The molecule has 39 heteroatoms. The molecule has 16 heterocycles. The van der Waals surface area contributed by atoms with E-state index in [0.29, 0.717) is 85.7 Å². The quantitative estimate of drug-likeness (QED) is 0.0282. The molecule has 678 valence electrons. The first kappa shape index (κ1) is 98.4. The first-order chi connectivity index (χ1) is 61.4. The second-order valence-corrected chi connectivity index (χ2v) is 29.0. The largest absolute Gasteiger partial charge is 0.475 e. The number of rotatable bonds is 22. The third kappa shape index (κ3) is 27.3. The van der Waals surface area contributed by atoms with Gasteiger partial charge in [-0.2, -0.15) is 0 Å². The van der Waals surface area contributed by atoms with Gasteiger partial charge in [0, 0.05) is 220 Å². The van der Waals surface area contributed by atoms with E-state index in [1.807, 2.05) is 58.0 Å². The van der Waals surface area contributed by atoms with E-state index < -0.39 is 5.97 Å². The van der Waals surface area contributed by atoms with Crippen molar-refractivity contribution in [2.45, 2.75) is 76.5 Å². The molecule has 16 rings (SSSR count). The summed E-state index contributed by atoms with van der Waals surface area (Å²) in [6.07, 6.45) is 25.8. The number of amides is 6. The molecule has 12 aromatic heterocycles. The van der Waals surface area contributed by atoms with Crippen LogP contribution in [0.5, 0.6) is 5.88 Å². The zero-order valence-corrected chi connectivity index (χ0v) is 70.1. The maximum atomic E-state index is 13.0. The molecule has 130 heavy (non-hydrogen) atoms. The van der Waals surface area contributed by atoms with Crippen molar-refractivity contribution >= 4 is 92.7 Å². The van der Waals surface area contributed by atoms with Gasteiger partial charge in [-0.25, -0.2) is 59.6 Å². The summed E-state index contributed by atoms with van der Waals surface area (Å²) in [5.41, 5.74) is 10.2. The summed E-state index contributed by atoms with van der Waals surface area (Å²) < 4.78 is 10.2. The monoisotopic (exact) mass is 1770 g/mol. The third-order valence-corrected chi connectivity index (χ3v) is 19.3. The van der Waals surface area contributed by atoms with Crippen LogP contribution in [-0.2, 0) is 9.53 Å². The second kappa shape index (κ2) is 48.9. The van der Waals surface area contributed by atoms with Crippen molar-refractivity contribution in [3.63, 3.8) is 0 Å². The lowest BCUT2D eigenvalue weighted by atomic mass is 10.2. The van der Waals surface area contributed by atoms with E-state index in [0.717, 1.165) is 127 Å². The number of carbonyl (C=O) groups is 7. The molecule has 0 aliphatic carbocycles. The minimum absolute atomic E-state index is 0. The van der Waals surface area contributed by atoms with Gasteiger partial charge in [-0.3, -0.25) is 53.7 Å². The van der Waals surface area contributed by atoms with Gasteiger partial charge in [0.05, 0.1) is 83.5 Å². The molecule has 39 nitrogen and oxygen atoms in total. The molecular weight excluding hydrogens is 1660 g/mol. The minimum atomic E-state index is -0.530. The molecule has 0 radical (unpaired) electrons. The molecule has 4 saturated heterocycles. The Morgan fingerprint density at radius 3 is 0.908 bits per heavy atom. The number of hydrogen-bond donors (Lipinski definition) is 10. The fourth-order valence-corrected chi connectivity index (χ4v) is 13.3. The standard InChI is InChI=1S/C23H26N8O2.C22H25N7O2.C21H22N8O2.C21H21N7O3.4CH4/c1-15(2)28-22(32)17-4-3-16(13-27-17)21-26-8-5-18(29-21)23(33)30-19-14-25-7-6-20(19)31-11-9-24-10-12-31;1-15(2)31-20-4-3-16(13-26-20)21-25-8-5-17(27-21)22(30)28-18-14-24-7-6-19(18)29-11-9-23-10-12-29;1-14(30)26-19-3-2-15(12-25-19)20-24-7-4-16(27-20)21(31)28-17-13-23-6-5-18(17)29-10-8-22-9-11-29;1-31-21(30)16-3-2-14(12-25-16)19-24-7-4-15(26-19)20(29)27-17-13-23-6-5-18(17)28-10-8-22-9-11-28;;;;/h3-8,13-15,24H,9-12H2,1-2H3,(H,28,32)(H,30,33);3-8,13-15,23H,9-12H2,1-2H3,(H,28,30);2-7,12-13,22H,8-11H2,1H3,(H,28,31)(H,25,26,30);2-7,12-13,22H,8-11H2,1H3,(H,27,29);4*1H4. The molecule has 0 spiro atoms. The van der Waals surface area contributed by atoms with Crippen LogP contribution in [0.4, 0.5) is 51.3 Å². The molecule has 6 amide bonds. The predicted molar refractivity (Wildman–Crippen MR) is 501 cm³/mol. The van der Waals surface area contributed by atoms with E-state index in [4.69, 9.17) is 4.74 Å². The van der Waals surface area contributed by atoms with Crippen LogP contribution in [0.25, 0.3) is 45.6 Å². The van der Waals surface area contributed by atoms with Crippen molar-refractivity contribution in [2.24, 2.45) is 0 Å². The summed E-state index contributed by atoms with van der Waals surface area (Å²) in [7, 11) is 1.29. The second-order valence-electron chi connectivity index (χ2n) is 29.0. The fraction of sp³-hybridized carbons (Fsp3) is 0.308. The number of aromatic nitrogens is 16. The van der Waals surface area contributed by atoms with Gasteiger partial charge in [-0.15, -0.1) is 0 Å². The summed E-state index contributed by atoms with van der Waals surface area (Å²) >= 11 is 0. The Morgan fingerprint density at radius 2 is 0.638 bits per heavy atom. The normalized spacial score (nSPS) is 13.2. The van der Waals surface area contributed by atoms with Crippen molar-refractivity contribution in [3.05, 3.63) is 230 Å². The van der Waals surface area contributed by atoms with Gasteiger partial charge in [-0.1, -0.05) is 29.7 Å². The lowest BCUT2D eigenvalue weighted by molar-refractivity contribution is -0.114. The Labute approximate surface area is 754 Å². The Morgan fingerprint density at radius 1 is 0.331 bits per heavy atom. The van der Waals surface area contributed by atoms with Crippen molar-refractivity contribution in [2.75, 3.05) is 158 Å². The summed E-state index contributed by atoms with van der Waals surface area (Å²) in [6, 6.07) is 27.3. The third-order valence-electron chi connectivity index (χ3n) is 19.3. The van der Waals surface area contributed by atoms with Crippen LogP contribution in [0.15, 0.2) is 196 Å². The summed E-state index contributed by atoms with van der Waals surface area (Å²) in [5, 5.41) is 30.4. The molecule has 4 aliphatic rings. The lowest BCUT2D eigenvalue weighted by Crippen LogP contribution is -2.43. The molecule has 4 aliphatic heterocycles. The smallest absolute Gasteiger partial charge is 0.356 e. The number of pyridine rings is 8. The van der Waals surface area contributed by atoms with Crippen molar-refractivity contribution in [3.8, 4) is 51.4 Å². The van der Waals surface area contributed by atoms with E-state index >= 15 is 0 Å². The molecule has 0 saturated carbocycles. The van der Waals surface area contributed by atoms with Gasteiger partial charge < -0.3 is 82.2 Å². The van der Waals surface area contributed by atoms with E-state index in [-0.39, 0.29) is 106 Å². The van der Waals surface area contributed by atoms with Gasteiger partial charge in [0.25, 0.3) is 29.5 Å². The van der Waals surface area contributed by atoms with Crippen molar-refractivity contribution in [1.82, 2.24) is 106 Å². The summed E-state index contributed by atoms with van der Waals surface area (Å²) in [6.45, 7) is 23.0. The predicted octanol–water partition coefficient (Wildman–Crippen LogP) is 9.60. The number of hydrogen-bond acceptors (Lipinski definition) is 33. The summed E-state index contributed by atoms with van der Waals surface area (Å²) in [5.74, 6) is 0.0439. The van der Waals surface area contributed by atoms with Gasteiger partial charge in [-0.05, 0) is 119 Å². The van der Waals surface area contributed by atoms with Crippen LogP contribution in [0.1, 0.15) is 127 Å². The lowest BCUT2D eigenvalue weighted by Gasteiger charge is -2.30. The number of nitrogens with zero attached hydrogens (tertiary/aromatic N) is 20. The number of ether oxygens (including phenoxy) is 2. The first-order valence-corrected chi connectivity index (χ1v) is 40.7. The maximum Gasteiger partial charge on any atom is 0.356 e. The van der Waals surface area contributed by atoms with Crippen LogP contribution in [-0.4, -0.2) is 245 Å². The van der Waals surface area contributed by atoms with Crippen LogP contribution < -0.4 is 77.5 Å².